The zero-order valence-corrected chi connectivity index (χ0v) is 15.5. The maximum Gasteiger partial charge on any atom is 0.416 e. The molecule has 0 unspecified atom stereocenters. The number of nitrogens with zero attached hydrogens (tertiary/aromatic N) is 3. The third-order valence-corrected chi connectivity index (χ3v) is 4.17. The number of nitrogens with one attached hydrogen (secondary N) is 2. The van der Waals surface area contributed by atoms with E-state index in [9.17, 15) is 13.2 Å². The average molecular weight is 387 g/mol. The van der Waals surface area contributed by atoms with Crippen molar-refractivity contribution in [3.8, 4) is 11.3 Å². The van der Waals surface area contributed by atoms with E-state index < -0.39 is 11.7 Å². The van der Waals surface area contributed by atoms with E-state index in [1.165, 1.54) is 12.1 Å². The Morgan fingerprint density at radius 2 is 1.68 bits per heavy atom. The fourth-order valence-corrected chi connectivity index (χ4v) is 2.46. The lowest BCUT2D eigenvalue weighted by atomic mass is 10.2. The lowest BCUT2D eigenvalue weighted by Gasteiger charge is -2.15. The fraction of sp³-hybridized carbons (Fsp3) is 0.250. The van der Waals surface area contributed by atoms with Crippen LogP contribution in [0.5, 0.6) is 0 Å². The summed E-state index contributed by atoms with van der Waals surface area (Å²) in [6.45, 7) is 4.07. The Balaban J connectivity index is 1.91. The first-order valence-electron chi connectivity index (χ1n) is 8.85. The van der Waals surface area contributed by atoms with Gasteiger partial charge < -0.3 is 10.6 Å². The second kappa shape index (κ2) is 8.24. The molecule has 1 aromatic carbocycles. The molecule has 2 N–H and O–H groups in total. The second-order valence-corrected chi connectivity index (χ2v) is 6.35. The zero-order valence-electron chi connectivity index (χ0n) is 15.5. The number of hydrogen-bond donors (Lipinski definition) is 2. The normalized spacial score (nSPS) is 12.5. The molecule has 146 valence electrons. The summed E-state index contributed by atoms with van der Waals surface area (Å²) in [5.41, 5.74) is 1.34. The Morgan fingerprint density at radius 1 is 1.00 bits per heavy atom. The van der Waals surface area contributed by atoms with Gasteiger partial charge in [-0.15, -0.1) is 0 Å². The highest BCUT2D eigenvalue weighted by atomic mass is 19.4. The maximum absolute atomic E-state index is 12.7. The number of rotatable bonds is 6. The van der Waals surface area contributed by atoms with Crippen molar-refractivity contribution in [3.05, 3.63) is 60.4 Å². The van der Waals surface area contributed by atoms with Gasteiger partial charge in [-0.05, 0) is 49.7 Å². The number of halogens is 3. The van der Waals surface area contributed by atoms with Crippen LogP contribution in [0.4, 0.5) is 30.6 Å². The predicted molar refractivity (Wildman–Crippen MR) is 103 cm³/mol. The van der Waals surface area contributed by atoms with Crippen LogP contribution in [-0.4, -0.2) is 21.0 Å². The Kier molecular flexibility index (Phi) is 5.77. The van der Waals surface area contributed by atoms with E-state index in [0.717, 1.165) is 24.1 Å². The molecule has 0 spiro atoms. The molecule has 0 aliphatic rings. The van der Waals surface area contributed by atoms with Gasteiger partial charge in [0, 0.05) is 35.8 Å². The van der Waals surface area contributed by atoms with Crippen molar-refractivity contribution in [1.29, 1.82) is 0 Å². The van der Waals surface area contributed by atoms with Gasteiger partial charge in [-0.1, -0.05) is 6.92 Å². The van der Waals surface area contributed by atoms with E-state index in [2.05, 4.69) is 25.6 Å². The number of benzene rings is 1. The summed E-state index contributed by atoms with van der Waals surface area (Å²) < 4.78 is 38.2. The topological polar surface area (TPSA) is 62.7 Å². The molecule has 0 saturated heterocycles. The van der Waals surface area contributed by atoms with Crippen LogP contribution in [0.2, 0.25) is 0 Å². The first-order valence-corrected chi connectivity index (χ1v) is 8.85. The minimum Gasteiger partial charge on any atom is -0.352 e. The van der Waals surface area contributed by atoms with Crippen LogP contribution in [0.1, 0.15) is 25.8 Å². The van der Waals surface area contributed by atoms with Gasteiger partial charge in [-0.3, -0.25) is 4.98 Å². The van der Waals surface area contributed by atoms with Gasteiger partial charge in [0.15, 0.2) is 0 Å². The molecule has 0 saturated carbocycles. The van der Waals surface area contributed by atoms with Crippen molar-refractivity contribution in [3.63, 3.8) is 0 Å². The molecule has 0 aliphatic heterocycles. The molecule has 0 fully saturated rings. The molecular formula is C20H20F3N5. The van der Waals surface area contributed by atoms with Crippen LogP contribution in [0.25, 0.3) is 11.3 Å². The zero-order chi connectivity index (χ0) is 20.1. The molecule has 0 amide bonds. The average Bonchev–Trinajstić information content (AvgIpc) is 2.68. The summed E-state index contributed by atoms with van der Waals surface area (Å²) in [7, 11) is 0. The van der Waals surface area contributed by atoms with Crippen molar-refractivity contribution in [2.24, 2.45) is 0 Å². The highest BCUT2D eigenvalue weighted by Gasteiger charge is 2.29. The molecule has 0 radical (unpaired) electrons. The molecule has 3 aromatic rings. The van der Waals surface area contributed by atoms with E-state index in [4.69, 9.17) is 0 Å². The third-order valence-electron chi connectivity index (χ3n) is 4.17. The summed E-state index contributed by atoms with van der Waals surface area (Å²) in [4.78, 5) is 13.0. The van der Waals surface area contributed by atoms with Crippen LogP contribution in [0.3, 0.4) is 0 Å². The Hall–Kier alpha value is -3.16. The van der Waals surface area contributed by atoms with Gasteiger partial charge in [0.05, 0.1) is 11.3 Å². The summed E-state index contributed by atoms with van der Waals surface area (Å²) >= 11 is 0. The Labute approximate surface area is 161 Å². The smallest absolute Gasteiger partial charge is 0.352 e. The largest absolute Gasteiger partial charge is 0.416 e. The van der Waals surface area contributed by atoms with Crippen molar-refractivity contribution < 1.29 is 13.2 Å². The van der Waals surface area contributed by atoms with Crippen LogP contribution in [0, 0.1) is 0 Å². The van der Waals surface area contributed by atoms with Gasteiger partial charge in [-0.2, -0.15) is 18.2 Å². The highest BCUT2D eigenvalue weighted by Crippen LogP contribution is 2.30. The molecule has 2 heterocycles. The monoisotopic (exact) mass is 387 g/mol. The quantitative estimate of drug-likeness (QED) is 0.584. The first-order chi connectivity index (χ1) is 13.3. The molecule has 0 bridgehead atoms. The molecule has 5 nitrogen and oxygen atoms in total. The van der Waals surface area contributed by atoms with Gasteiger partial charge in [0.25, 0.3) is 0 Å². The standard InChI is InChI=1S/C20H20F3N5/c1-3-13(2)25-19-27-17(14-8-10-24-11-9-14)12-18(28-19)26-16-6-4-15(5-7-16)20(21,22)23/h4-13H,3H2,1-2H3,(H2,25,26,27,28)/t13-/m0/s1. The maximum atomic E-state index is 12.7. The van der Waals surface area contributed by atoms with Gasteiger partial charge >= 0.3 is 6.18 Å². The summed E-state index contributed by atoms with van der Waals surface area (Å²) in [6, 6.07) is 10.4. The summed E-state index contributed by atoms with van der Waals surface area (Å²) in [5.74, 6) is 0.922. The third kappa shape index (κ3) is 4.97. The van der Waals surface area contributed by atoms with Crippen molar-refractivity contribution in [1.82, 2.24) is 15.0 Å². The van der Waals surface area contributed by atoms with Gasteiger partial charge in [0.1, 0.15) is 5.82 Å². The molecule has 8 heteroatoms. The number of aromatic nitrogens is 3. The van der Waals surface area contributed by atoms with Crippen LogP contribution < -0.4 is 10.6 Å². The number of anilines is 3. The van der Waals surface area contributed by atoms with Gasteiger partial charge in [0.2, 0.25) is 5.95 Å². The number of hydrogen-bond acceptors (Lipinski definition) is 5. The molecule has 2 aromatic heterocycles. The first kappa shape index (κ1) is 19.6. The Morgan fingerprint density at radius 3 is 2.29 bits per heavy atom. The number of alkyl halides is 3. The van der Waals surface area contributed by atoms with Crippen molar-refractivity contribution in [2.45, 2.75) is 32.5 Å². The van der Waals surface area contributed by atoms with E-state index in [-0.39, 0.29) is 6.04 Å². The van der Waals surface area contributed by atoms with Crippen LogP contribution in [0.15, 0.2) is 54.9 Å². The van der Waals surface area contributed by atoms with E-state index in [1.807, 2.05) is 26.0 Å². The minimum atomic E-state index is -4.37. The van der Waals surface area contributed by atoms with E-state index >= 15 is 0 Å². The predicted octanol–water partition coefficient (Wildman–Crippen LogP) is 5.51. The van der Waals surface area contributed by atoms with Crippen LogP contribution in [-0.2, 0) is 6.18 Å². The lowest BCUT2D eigenvalue weighted by Crippen LogP contribution is -2.16. The molecule has 1 atom stereocenters. The van der Waals surface area contributed by atoms with Crippen molar-refractivity contribution in [2.75, 3.05) is 10.6 Å². The number of pyridine rings is 1. The summed E-state index contributed by atoms with van der Waals surface area (Å²) in [5, 5.41) is 6.28. The second-order valence-electron chi connectivity index (χ2n) is 6.35. The van der Waals surface area contributed by atoms with Crippen molar-refractivity contribution >= 4 is 17.5 Å². The molecule has 0 aliphatic carbocycles. The Bertz CT molecular complexity index is 911. The molecular weight excluding hydrogens is 367 g/mol. The van der Waals surface area contributed by atoms with Gasteiger partial charge in [-0.25, -0.2) is 4.98 Å². The lowest BCUT2D eigenvalue weighted by molar-refractivity contribution is -0.137. The highest BCUT2D eigenvalue weighted by molar-refractivity contribution is 5.67. The minimum absolute atomic E-state index is 0.173. The summed E-state index contributed by atoms with van der Waals surface area (Å²) in [6.07, 6.45) is -0.135. The van der Waals surface area contributed by atoms with E-state index in [1.54, 1.807) is 18.5 Å². The fourth-order valence-electron chi connectivity index (χ4n) is 2.46. The molecule has 3 rings (SSSR count). The SMILES string of the molecule is CC[C@H](C)Nc1nc(Nc2ccc(C(F)(F)F)cc2)cc(-c2ccncc2)n1. The van der Waals surface area contributed by atoms with Crippen LogP contribution >= 0.6 is 0 Å². The van der Waals surface area contributed by atoms with E-state index in [0.29, 0.717) is 23.1 Å². The molecule has 28 heavy (non-hydrogen) atoms.